The number of halogens is 2. The molecule has 2 aromatic heterocycles. The summed E-state index contributed by atoms with van der Waals surface area (Å²) in [6, 6.07) is 7.89. The van der Waals surface area contributed by atoms with E-state index in [4.69, 9.17) is 17.3 Å². The molecule has 0 spiro atoms. The Morgan fingerprint density at radius 1 is 1.21 bits per heavy atom. The van der Waals surface area contributed by atoms with E-state index in [9.17, 15) is 4.39 Å². The summed E-state index contributed by atoms with van der Waals surface area (Å²) in [6.45, 7) is 0. The zero-order valence-corrected chi connectivity index (χ0v) is 10.6. The molecule has 0 fully saturated rings. The Morgan fingerprint density at radius 3 is 2.68 bits per heavy atom. The van der Waals surface area contributed by atoms with Crippen LogP contribution in [0.25, 0.3) is 5.65 Å². The quantitative estimate of drug-likeness (QED) is 0.783. The van der Waals surface area contributed by atoms with E-state index in [2.05, 4.69) is 10.2 Å². The Labute approximate surface area is 113 Å². The monoisotopic (exact) mass is 276 g/mol. The second-order valence-corrected chi connectivity index (χ2v) is 4.66. The molecule has 0 aliphatic rings. The van der Waals surface area contributed by atoms with Crippen LogP contribution in [0.3, 0.4) is 0 Å². The van der Waals surface area contributed by atoms with E-state index in [1.807, 2.05) is 0 Å². The molecule has 1 aromatic carbocycles. The summed E-state index contributed by atoms with van der Waals surface area (Å²) in [6.07, 6.45) is 2.24. The topological polar surface area (TPSA) is 56.2 Å². The highest BCUT2D eigenvalue weighted by molar-refractivity contribution is 6.30. The van der Waals surface area contributed by atoms with Gasteiger partial charge in [0.1, 0.15) is 11.6 Å². The number of hydrogen-bond acceptors (Lipinski definition) is 3. The third-order valence-corrected chi connectivity index (χ3v) is 3.05. The van der Waals surface area contributed by atoms with Crippen LogP contribution < -0.4 is 5.73 Å². The van der Waals surface area contributed by atoms with Gasteiger partial charge in [-0.1, -0.05) is 23.7 Å². The van der Waals surface area contributed by atoms with Gasteiger partial charge in [-0.3, -0.25) is 4.40 Å². The number of rotatable bonds is 2. The van der Waals surface area contributed by atoms with E-state index < -0.39 is 0 Å². The molecule has 0 bridgehead atoms. The van der Waals surface area contributed by atoms with Gasteiger partial charge in [-0.2, -0.15) is 0 Å². The van der Waals surface area contributed by atoms with Gasteiger partial charge < -0.3 is 5.73 Å². The molecular weight excluding hydrogens is 267 g/mol. The molecule has 3 rings (SSSR count). The maximum Gasteiger partial charge on any atom is 0.184 e. The highest BCUT2D eigenvalue weighted by atomic mass is 35.5. The Kier molecular flexibility index (Phi) is 2.83. The van der Waals surface area contributed by atoms with Crippen LogP contribution >= 0.6 is 11.6 Å². The van der Waals surface area contributed by atoms with Crippen LogP contribution in [-0.2, 0) is 6.42 Å². The highest BCUT2D eigenvalue weighted by Gasteiger charge is 2.09. The lowest BCUT2D eigenvalue weighted by molar-refractivity contribution is 0.627. The zero-order valence-electron chi connectivity index (χ0n) is 9.85. The van der Waals surface area contributed by atoms with Gasteiger partial charge in [-0.25, -0.2) is 4.39 Å². The van der Waals surface area contributed by atoms with Crippen LogP contribution in [0.5, 0.6) is 0 Å². The first-order valence-corrected chi connectivity index (χ1v) is 6.04. The number of fused-ring (bicyclic) bond motifs is 1. The van der Waals surface area contributed by atoms with Crippen LogP contribution in [0, 0.1) is 5.82 Å². The minimum atomic E-state index is -0.262. The second kappa shape index (κ2) is 4.51. The predicted octanol–water partition coefficient (Wildman–Crippen LogP) is 2.69. The Morgan fingerprint density at radius 2 is 1.95 bits per heavy atom. The fourth-order valence-electron chi connectivity index (χ4n) is 1.94. The van der Waals surface area contributed by atoms with Crippen LogP contribution in [0.15, 0.2) is 36.5 Å². The third kappa shape index (κ3) is 2.24. The van der Waals surface area contributed by atoms with E-state index in [1.54, 1.807) is 28.8 Å². The molecule has 3 aromatic rings. The number of nitrogen functional groups attached to an aromatic ring is 1. The lowest BCUT2D eigenvalue weighted by Crippen LogP contribution is -1.98. The van der Waals surface area contributed by atoms with E-state index in [0.29, 0.717) is 28.6 Å². The number of nitrogens with zero attached hydrogens (tertiary/aromatic N) is 3. The van der Waals surface area contributed by atoms with Crippen molar-refractivity contribution in [3.05, 3.63) is 58.8 Å². The van der Waals surface area contributed by atoms with Crippen molar-refractivity contribution >= 4 is 22.9 Å². The maximum atomic E-state index is 12.9. The largest absolute Gasteiger partial charge is 0.396 e. The predicted molar refractivity (Wildman–Crippen MR) is 71.6 cm³/mol. The summed E-state index contributed by atoms with van der Waals surface area (Å²) in [4.78, 5) is 0. The summed E-state index contributed by atoms with van der Waals surface area (Å²) in [5.41, 5.74) is 7.81. The van der Waals surface area contributed by atoms with Gasteiger partial charge in [0.25, 0.3) is 0 Å². The van der Waals surface area contributed by atoms with Gasteiger partial charge in [0, 0.05) is 12.6 Å². The molecule has 96 valence electrons. The standard InChI is InChI=1S/C13H10ClFN4/c14-9-6-11(16)13-18-17-12(19(13)7-9)5-8-1-3-10(15)4-2-8/h1-4,6-7H,5,16H2. The Hall–Kier alpha value is -2.14. The minimum absolute atomic E-state index is 0.262. The average Bonchev–Trinajstić information content (AvgIpc) is 2.76. The molecule has 6 heteroatoms. The summed E-state index contributed by atoms with van der Waals surface area (Å²) < 4.78 is 14.6. The van der Waals surface area contributed by atoms with E-state index in [-0.39, 0.29) is 5.82 Å². The highest BCUT2D eigenvalue weighted by Crippen LogP contribution is 2.20. The zero-order chi connectivity index (χ0) is 13.4. The van der Waals surface area contributed by atoms with Crippen molar-refractivity contribution in [2.24, 2.45) is 0 Å². The lowest BCUT2D eigenvalue weighted by atomic mass is 10.1. The van der Waals surface area contributed by atoms with Crippen LogP contribution in [-0.4, -0.2) is 14.6 Å². The normalized spacial score (nSPS) is 11.1. The summed E-state index contributed by atoms with van der Waals surface area (Å²) in [7, 11) is 0. The van der Waals surface area contributed by atoms with Gasteiger partial charge in [0.15, 0.2) is 5.65 Å². The first-order valence-electron chi connectivity index (χ1n) is 5.66. The molecule has 0 amide bonds. The molecule has 0 radical (unpaired) electrons. The third-order valence-electron chi connectivity index (χ3n) is 2.85. The molecule has 2 N–H and O–H groups in total. The van der Waals surface area contributed by atoms with Crippen molar-refractivity contribution in [1.29, 1.82) is 0 Å². The number of benzene rings is 1. The summed E-state index contributed by atoms with van der Waals surface area (Å²) in [5.74, 6) is 0.443. The van der Waals surface area contributed by atoms with Gasteiger partial charge >= 0.3 is 0 Å². The van der Waals surface area contributed by atoms with Gasteiger partial charge in [0.05, 0.1) is 10.7 Å². The fourth-order valence-corrected chi connectivity index (χ4v) is 2.15. The lowest BCUT2D eigenvalue weighted by Gasteiger charge is -2.02. The van der Waals surface area contributed by atoms with Crippen molar-refractivity contribution in [2.45, 2.75) is 6.42 Å². The van der Waals surface area contributed by atoms with Gasteiger partial charge in [-0.05, 0) is 23.8 Å². The molecule has 4 nitrogen and oxygen atoms in total. The number of pyridine rings is 1. The smallest absolute Gasteiger partial charge is 0.184 e. The molecule has 0 atom stereocenters. The molecule has 0 saturated heterocycles. The Balaban J connectivity index is 2.03. The van der Waals surface area contributed by atoms with Crippen molar-refractivity contribution in [3.63, 3.8) is 0 Å². The molecule has 0 aliphatic carbocycles. The maximum absolute atomic E-state index is 12.9. The molecular formula is C13H10ClFN4. The van der Waals surface area contributed by atoms with Crippen molar-refractivity contribution in [1.82, 2.24) is 14.6 Å². The minimum Gasteiger partial charge on any atom is -0.396 e. The Bertz CT molecular complexity index is 736. The van der Waals surface area contributed by atoms with Gasteiger partial charge in [0.2, 0.25) is 0 Å². The van der Waals surface area contributed by atoms with Crippen LogP contribution in [0.1, 0.15) is 11.4 Å². The first kappa shape index (κ1) is 11.9. The summed E-state index contributed by atoms with van der Waals surface area (Å²) >= 11 is 5.97. The van der Waals surface area contributed by atoms with E-state index in [0.717, 1.165) is 5.56 Å². The number of anilines is 1. The first-order chi connectivity index (χ1) is 9.13. The second-order valence-electron chi connectivity index (χ2n) is 4.23. The van der Waals surface area contributed by atoms with Crippen molar-refractivity contribution < 1.29 is 4.39 Å². The number of aromatic nitrogens is 3. The molecule has 0 saturated carbocycles. The molecule has 2 heterocycles. The van der Waals surface area contributed by atoms with Crippen LogP contribution in [0.2, 0.25) is 5.02 Å². The SMILES string of the molecule is Nc1cc(Cl)cn2c(Cc3ccc(F)cc3)nnc12. The molecule has 0 unspecified atom stereocenters. The van der Waals surface area contributed by atoms with Crippen molar-refractivity contribution in [2.75, 3.05) is 5.73 Å². The number of nitrogens with two attached hydrogens (primary N) is 1. The average molecular weight is 277 g/mol. The fraction of sp³-hybridized carbons (Fsp3) is 0.0769. The summed E-state index contributed by atoms with van der Waals surface area (Å²) in [5, 5.41) is 8.64. The molecule has 19 heavy (non-hydrogen) atoms. The number of hydrogen-bond donors (Lipinski definition) is 1. The van der Waals surface area contributed by atoms with E-state index >= 15 is 0 Å². The van der Waals surface area contributed by atoms with Crippen LogP contribution in [0.4, 0.5) is 10.1 Å². The molecule has 0 aliphatic heterocycles. The van der Waals surface area contributed by atoms with Crippen molar-refractivity contribution in [3.8, 4) is 0 Å². The van der Waals surface area contributed by atoms with Gasteiger partial charge in [-0.15, -0.1) is 10.2 Å². The van der Waals surface area contributed by atoms with E-state index in [1.165, 1.54) is 12.1 Å².